The Morgan fingerprint density at radius 3 is 2.52 bits per heavy atom. The smallest absolute Gasteiger partial charge is 0.337 e. The van der Waals surface area contributed by atoms with Gasteiger partial charge in [0, 0.05) is 29.2 Å². The lowest BCUT2D eigenvalue weighted by Gasteiger charge is -2.28. The summed E-state index contributed by atoms with van der Waals surface area (Å²) in [7, 11) is 3.11. The van der Waals surface area contributed by atoms with Gasteiger partial charge in [-0.05, 0) is 49.2 Å². The summed E-state index contributed by atoms with van der Waals surface area (Å²) in [4.78, 5) is 11.5. The molecule has 1 unspecified atom stereocenters. The van der Waals surface area contributed by atoms with Crippen molar-refractivity contribution in [3.8, 4) is 17.6 Å². The molecule has 3 rings (SSSR count). The lowest BCUT2D eigenvalue weighted by Crippen LogP contribution is -2.27. The molecule has 4 heteroatoms. The van der Waals surface area contributed by atoms with Crippen molar-refractivity contribution in [3.05, 3.63) is 64.7 Å². The highest BCUT2D eigenvalue weighted by atomic mass is 16.5. The number of carbonyl (C=O) groups excluding carboxylic acids is 1. The fourth-order valence-electron chi connectivity index (χ4n) is 3.42. The monoisotopic (exact) mass is 364 g/mol. The van der Waals surface area contributed by atoms with Crippen molar-refractivity contribution in [1.82, 2.24) is 0 Å². The van der Waals surface area contributed by atoms with E-state index in [-0.39, 0.29) is 11.4 Å². The standard InChI is InChI=1S/C23H24O4/c1-23(16-25-2)13-4-14-27-21-15-18(9-12-20(21)23)6-5-17-7-10-19(11-8-17)22(24)26-3/h7-12,15H,4,13-14,16H2,1-3H3. The molecular formula is C23H24O4. The van der Waals surface area contributed by atoms with E-state index in [0.717, 1.165) is 29.7 Å². The van der Waals surface area contributed by atoms with E-state index in [0.29, 0.717) is 18.8 Å². The molecule has 0 fully saturated rings. The molecule has 0 aromatic heterocycles. The van der Waals surface area contributed by atoms with Crippen LogP contribution >= 0.6 is 0 Å². The van der Waals surface area contributed by atoms with Gasteiger partial charge >= 0.3 is 5.97 Å². The van der Waals surface area contributed by atoms with Crippen LogP contribution in [0.15, 0.2) is 42.5 Å². The topological polar surface area (TPSA) is 44.8 Å². The lowest BCUT2D eigenvalue weighted by atomic mass is 9.79. The number of hydrogen-bond donors (Lipinski definition) is 0. The van der Waals surface area contributed by atoms with Gasteiger partial charge in [-0.25, -0.2) is 4.79 Å². The minimum atomic E-state index is -0.350. The van der Waals surface area contributed by atoms with Gasteiger partial charge in [-0.3, -0.25) is 0 Å². The highest BCUT2D eigenvalue weighted by molar-refractivity contribution is 5.89. The largest absolute Gasteiger partial charge is 0.493 e. The average molecular weight is 364 g/mol. The van der Waals surface area contributed by atoms with Crippen LogP contribution in [0.5, 0.6) is 5.75 Å². The zero-order chi connectivity index (χ0) is 19.3. The molecule has 1 aliphatic rings. The molecule has 0 saturated heterocycles. The van der Waals surface area contributed by atoms with Gasteiger partial charge in [-0.2, -0.15) is 0 Å². The number of fused-ring (bicyclic) bond motifs is 1. The minimum Gasteiger partial charge on any atom is -0.493 e. The van der Waals surface area contributed by atoms with Crippen LogP contribution in [0, 0.1) is 11.8 Å². The Bertz CT molecular complexity index is 873. The van der Waals surface area contributed by atoms with Gasteiger partial charge in [0.2, 0.25) is 0 Å². The fourth-order valence-corrected chi connectivity index (χ4v) is 3.42. The number of hydrogen-bond acceptors (Lipinski definition) is 4. The SMILES string of the molecule is COCC1(C)CCCOc2cc(C#Cc3ccc(C(=O)OC)cc3)ccc21. The number of benzene rings is 2. The summed E-state index contributed by atoms with van der Waals surface area (Å²) in [5, 5.41) is 0. The van der Waals surface area contributed by atoms with E-state index >= 15 is 0 Å². The quantitative estimate of drug-likeness (QED) is 0.611. The Kier molecular flexibility index (Phi) is 5.83. The molecule has 0 N–H and O–H groups in total. The molecule has 2 aromatic rings. The van der Waals surface area contributed by atoms with E-state index in [9.17, 15) is 4.79 Å². The van der Waals surface area contributed by atoms with Crippen molar-refractivity contribution in [2.24, 2.45) is 0 Å². The molecule has 140 valence electrons. The molecule has 2 aromatic carbocycles. The summed E-state index contributed by atoms with van der Waals surface area (Å²) in [6.07, 6.45) is 2.04. The van der Waals surface area contributed by atoms with Gasteiger partial charge in [0.25, 0.3) is 0 Å². The molecule has 0 bridgehead atoms. The first-order valence-corrected chi connectivity index (χ1v) is 9.02. The molecule has 0 spiro atoms. The highest BCUT2D eigenvalue weighted by Gasteiger charge is 2.31. The third-order valence-electron chi connectivity index (χ3n) is 4.88. The maximum Gasteiger partial charge on any atom is 0.337 e. The Morgan fingerprint density at radius 1 is 1.11 bits per heavy atom. The predicted octanol–water partition coefficient (Wildman–Crippen LogP) is 3.95. The zero-order valence-electron chi connectivity index (χ0n) is 16.0. The number of esters is 1. The molecule has 4 nitrogen and oxygen atoms in total. The molecule has 1 heterocycles. The number of carbonyl (C=O) groups is 1. The van der Waals surface area contributed by atoms with Crippen LogP contribution in [0.3, 0.4) is 0 Å². The first-order valence-electron chi connectivity index (χ1n) is 9.02. The van der Waals surface area contributed by atoms with Gasteiger partial charge in [-0.15, -0.1) is 0 Å². The lowest BCUT2D eigenvalue weighted by molar-refractivity contribution is 0.0600. The molecule has 0 radical (unpaired) electrons. The molecule has 0 amide bonds. The van der Waals surface area contributed by atoms with Crippen LogP contribution in [0.1, 0.15) is 46.8 Å². The van der Waals surface area contributed by atoms with Crippen molar-refractivity contribution in [3.63, 3.8) is 0 Å². The minimum absolute atomic E-state index is 0.0454. The molecule has 1 aliphatic heterocycles. The normalized spacial score (nSPS) is 18.3. The first-order chi connectivity index (χ1) is 13.1. The predicted molar refractivity (Wildman–Crippen MR) is 104 cm³/mol. The van der Waals surface area contributed by atoms with Gasteiger partial charge in [-0.1, -0.05) is 24.8 Å². The van der Waals surface area contributed by atoms with E-state index in [1.165, 1.54) is 12.7 Å². The molecule has 1 atom stereocenters. The molecular weight excluding hydrogens is 340 g/mol. The molecule has 27 heavy (non-hydrogen) atoms. The van der Waals surface area contributed by atoms with E-state index in [2.05, 4.69) is 24.8 Å². The Hall–Kier alpha value is -2.77. The van der Waals surface area contributed by atoms with Crippen LogP contribution < -0.4 is 4.74 Å². The van der Waals surface area contributed by atoms with E-state index in [1.54, 1.807) is 19.2 Å². The van der Waals surface area contributed by atoms with Crippen LogP contribution in [-0.2, 0) is 14.9 Å². The maximum atomic E-state index is 11.5. The number of methoxy groups -OCH3 is 2. The summed E-state index contributed by atoms with van der Waals surface area (Å²) in [5.41, 5.74) is 3.37. The summed E-state index contributed by atoms with van der Waals surface area (Å²) < 4.78 is 16.1. The summed E-state index contributed by atoms with van der Waals surface area (Å²) in [6.45, 7) is 3.59. The summed E-state index contributed by atoms with van der Waals surface area (Å²) >= 11 is 0. The van der Waals surface area contributed by atoms with Crippen molar-refractivity contribution >= 4 is 5.97 Å². The number of rotatable bonds is 3. The number of ether oxygens (including phenoxy) is 3. The van der Waals surface area contributed by atoms with Crippen LogP contribution in [0.4, 0.5) is 0 Å². The van der Waals surface area contributed by atoms with Crippen LogP contribution in [0.25, 0.3) is 0 Å². The molecule has 0 aliphatic carbocycles. The third-order valence-corrected chi connectivity index (χ3v) is 4.88. The van der Waals surface area contributed by atoms with E-state index in [1.807, 2.05) is 24.3 Å². The van der Waals surface area contributed by atoms with Crippen molar-refractivity contribution in [1.29, 1.82) is 0 Å². The van der Waals surface area contributed by atoms with Crippen molar-refractivity contribution < 1.29 is 19.0 Å². The van der Waals surface area contributed by atoms with E-state index < -0.39 is 0 Å². The summed E-state index contributed by atoms with van der Waals surface area (Å²) in [5.74, 6) is 6.85. The second kappa shape index (κ2) is 8.28. The van der Waals surface area contributed by atoms with Crippen LogP contribution in [0.2, 0.25) is 0 Å². The highest BCUT2D eigenvalue weighted by Crippen LogP contribution is 2.38. The van der Waals surface area contributed by atoms with E-state index in [4.69, 9.17) is 14.2 Å². The van der Waals surface area contributed by atoms with Crippen molar-refractivity contribution in [2.45, 2.75) is 25.2 Å². The van der Waals surface area contributed by atoms with Gasteiger partial charge in [0.1, 0.15) is 5.75 Å². The maximum absolute atomic E-state index is 11.5. The average Bonchev–Trinajstić information content (AvgIpc) is 2.85. The summed E-state index contributed by atoms with van der Waals surface area (Å²) in [6, 6.07) is 13.2. The van der Waals surface area contributed by atoms with Gasteiger partial charge in [0.15, 0.2) is 0 Å². The zero-order valence-corrected chi connectivity index (χ0v) is 16.0. The van der Waals surface area contributed by atoms with Crippen LogP contribution in [-0.4, -0.2) is 33.4 Å². The Morgan fingerprint density at radius 2 is 1.81 bits per heavy atom. The second-order valence-corrected chi connectivity index (χ2v) is 6.98. The van der Waals surface area contributed by atoms with Gasteiger partial charge < -0.3 is 14.2 Å². The third kappa shape index (κ3) is 4.32. The first kappa shape index (κ1) is 19.0. The van der Waals surface area contributed by atoms with Crippen molar-refractivity contribution in [2.75, 3.05) is 27.4 Å². The van der Waals surface area contributed by atoms with Gasteiger partial charge in [0.05, 0.1) is 25.9 Å². The fraction of sp³-hybridized carbons (Fsp3) is 0.348. The second-order valence-electron chi connectivity index (χ2n) is 6.98. The Labute approximate surface area is 160 Å². The molecule has 0 saturated carbocycles. The Balaban J connectivity index is 1.85.